The van der Waals surface area contributed by atoms with E-state index < -0.39 is 0 Å². The van der Waals surface area contributed by atoms with Crippen molar-refractivity contribution in [3.63, 3.8) is 0 Å². The summed E-state index contributed by atoms with van der Waals surface area (Å²) in [5.74, 6) is 0.226. The van der Waals surface area contributed by atoms with Crippen LogP contribution in [-0.2, 0) is 13.0 Å². The van der Waals surface area contributed by atoms with Crippen LogP contribution in [0.3, 0.4) is 0 Å². The number of carbonyl (C=O) groups is 1. The van der Waals surface area contributed by atoms with E-state index >= 15 is 0 Å². The molecule has 2 aliphatic heterocycles. The number of aromatic hydroxyl groups is 1. The summed E-state index contributed by atoms with van der Waals surface area (Å²) in [6, 6.07) is 12.3. The number of fused-ring (bicyclic) bond motifs is 2. The highest BCUT2D eigenvalue weighted by atomic mass is 79.9. The Kier molecular flexibility index (Phi) is 4.60. The minimum atomic E-state index is 0.0620. The van der Waals surface area contributed by atoms with Crippen molar-refractivity contribution in [2.24, 2.45) is 0 Å². The molecule has 4 nitrogen and oxygen atoms in total. The SMILES string of the molecule is O=C1c2cc(Br)c(O)c(Br)c2CC2CN(Cc3ccccc3)CCN12. The van der Waals surface area contributed by atoms with Crippen molar-refractivity contribution >= 4 is 37.8 Å². The highest BCUT2D eigenvalue weighted by molar-refractivity contribution is 9.11. The van der Waals surface area contributed by atoms with Crippen LogP contribution < -0.4 is 0 Å². The molecule has 4 rings (SSSR count). The van der Waals surface area contributed by atoms with Crippen LogP contribution in [0.15, 0.2) is 45.3 Å². The van der Waals surface area contributed by atoms with Gasteiger partial charge >= 0.3 is 0 Å². The summed E-state index contributed by atoms with van der Waals surface area (Å²) in [5, 5.41) is 10.2. The maximum absolute atomic E-state index is 12.9. The molecule has 0 saturated carbocycles. The summed E-state index contributed by atoms with van der Waals surface area (Å²) < 4.78 is 1.18. The Morgan fingerprint density at radius 2 is 1.92 bits per heavy atom. The van der Waals surface area contributed by atoms with Gasteiger partial charge in [0.15, 0.2) is 0 Å². The van der Waals surface area contributed by atoms with E-state index in [1.165, 1.54) is 5.56 Å². The average molecular weight is 466 g/mol. The quantitative estimate of drug-likeness (QED) is 0.733. The van der Waals surface area contributed by atoms with Crippen molar-refractivity contribution in [1.82, 2.24) is 9.80 Å². The van der Waals surface area contributed by atoms with Crippen molar-refractivity contribution in [2.75, 3.05) is 19.6 Å². The van der Waals surface area contributed by atoms with Crippen LogP contribution >= 0.6 is 31.9 Å². The number of rotatable bonds is 2. The van der Waals surface area contributed by atoms with Gasteiger partial charge < -0.3 is 10.0 Å². The van der Waals surface area contributed by atoms with Crippen LogP contribution in [0.5, 0.6) is 5.75 Å². The minimum Gasteiger partial charge on any atom is -0.506 e. The lowest BCUT2D eigenvalue weighted by Gasteiger charge is -2.44. The second-order valence-corrected chi connectivity index (χ2v) is 8.27. The van der Waals surface area contributed by atoms with E-state index in [4.69, 9.17) is 0 Å². The number of piperazine rings is 1. The molecule has 1 N–H and O–H groups in total. The van der Waals surface area contributed by atoms with E-state index in [1.807, 2.05) is 11.0 Å². The van der Waals surface area contributed by atoms with Crippen LogP contribution in [0.4, 0.5) is 0 Å². The Balaban J connectivity index is 1.58. The fourth-order valence-corrected chi connectivity index (χ4v) is 5.06. The van der Waals surface area contributed by atoms with Crippen molar-refractivity contribution in [1.29, 1.82) is 0 Å². The van der Waals surface area contributed by atoms with E-state index in [-0.39, 0.29) is 17.7 Å². The lowest BCUT2D eigenvalue weighted by Crippen LogP contribution is -2.57. The Morgan fingerprint density at radius 1 is 1.16 bits per heavy atom. The normalized spacial score (nSPS) is 20.3. The number of carbonyl (C=O) groups excluding carboxylic acids is 1. The van der Waals surface area contributed by atoms with Gasteiger partial charge in [-0.25, -0.2) is 0 Å². The van der Waals surface area contributed by atoms with Crippen LogP contribution in [0.2, 0.25) is 0 Å². The molecular weight excluding hydrogens is 448 g/mol. The molecule has 0 spiro atoms. The van der Waals surface area contributed by atoms with Crippen LogP contribution in [0.25, 0.3) is 0 Å². The summed E-state index contributed by atoms with van der Waals surface area (Å²) in [5.41, 5.74) is 2.89. The minimum absolute atomic E-state index is 0.0620. The second-order valence-electron chi connectivity index (χ2n) is 6.62. The zero-order valence-electron chi connectivity index (χ0n) is 13.6. The van der Waals surface area contributed by atoms with Crippen molar-refractivity contribution in [2.45, 2.75) is 19.0 Å². The highest BCUT2D eigenvalue weighted by Crippen LogP contribution is 2.41. The van der Waals surface area contributed by atoms with Gasteiger partial charge in [0, 0.05) is 37.8 Å². The van der Waals surface area contributed by atoms with Gasteiger partial charge in [-0.2, -0.15) is 0 Å². The first-order valence-corrected chi connectivity index (χ1v) is 9.90. The maximum atomic E-state index is 12.9. The third-order valence-corrected chi connectivity index (χ3v) is 6.50. The molecule has 1 fully saturated rings. The number of amides is 1. The summed E-state index contributed by atoms with van der Waals surface area (Å²) in [6.45, 7) is 3.38. The number of hydrogen-bond donors (Lipinski definition) is 1. The van der Waals surface area contributed by atoms with Gasteiger partial charge in [-0.15, -0.1) is 0 Å². The van der Waals surface area contributed by atoms with Crippen LogP contribution in [0, 0.1) is 0 Å². The topological polar surface area (TPSA) is 43.8 Å². The zero-order valence-corrected chi connectivity index (χ0v) is 16.8. The Morgan fingerprint density at radius 3 is 2.68 bits per heavy atom. The number of phenolic OH excluding ortho intramolecular Hbond substituents is 1. The highest BCUT2D eigenvalue weighted by Gasteiger charge is 2.38. The molecule has 0 aliphatic carbocycles. The number of phenols is 1. The monoisotopic (exact) mass is 464 g/mol. The van der Waals surface area contributed by atoms with E-state index in [1.54, 1.807) is 6.07 Å². The molecule has 25 heavy (non-hydrogen) atoms. The molecule has 130 valence electrons. The molecular formula is C19H18Br2N2O2. The van der Waals surface area contributed by atoms with Gasteiger partial charge in [-0.3, -0.25) is 9.69 Å². The first-order valence-electron chi connectivity index (χ1n) is 8.31. The lowest BCUT2D eigenvalue weighted by atomic mass is 9.91. The first kappa shape index (κ1) is 17.1. The molecule has 1 unspecified atom stereocenters. The molecule has 2 heterocycles. The van der Waals surface area contributed by atoms with Crippen molar-refractivity contribution in [3.8, 4) is 5.75 Å². The molecule has 0 aromatic heterocycles. The molecule has 2 aromatic carbocycles. The third kappa shape index (κ3) is 3.11. The van der Waals surface area contributed by atoms with E-state index in [0.29, 0.717) is 14.5 Å². The fourth-order valence-electron chi connectivity index (χ4n) is 3.78. The van der Waals surface area contributed by atoms with Gasteiger partial charge in [0.1, 0.15) is 5.75 Å². The molecule has 2 aromatic rings. The Hall–Kier alpha value is -1.37. The van der Waals surface area contributed by atoms with Crippen molar-refractivity contribution < 1.29 is 9.90 Å². The van der Waals surface area contributed by atoms with E-state index in [0.717, 1.165) is 38.2 Å². The number of nitrogens with zero attached hydrogens (tertiary/aromatic N) is 2. The first-order chi connectivity index (χ1) is 12.0. The van der Waals surface area contributed by atoms with E-state index in [9.17, 15) is 9.90 Å². The summed E-state index contributed by atoms with van der Waals surface area (Å²) in [7, 11) is 0. The van der Waals surface area contributed by atoms with E-state index in [2.05, 4.69) is 61.0 Å². The molecule has 2 aliphatic rings. The summed E-state index contributed by atoms with van der Waals surface area (Å²) >= 11 is 6.79. The van der Waals surface area contributed by atoms with Gasteiger partial charge in [0.2, 0.25) is 0 Å². The summed E-state index contributed by atoms with van der Waals surface area (Å²) in [4.78, 5) is 17.3. The molecule has 6 heteroatoms. The number of benzene rings is 2. The largest absolute Gasteiger partial charge is 0.506 e. The van der Waals surface area contributed by atoms with Gasteiger partial charge in [-0.1, -0.05) is 30.3 Å². The van der Waals surface area contributed by atoms with Crippen LogP contribution in [-0.4, -0.2) is 46.5 Å². The van der Waals surface area contributed by atoms with Gasteiger partial charge in [0.05, 0.1) is 8.95 Å². The molecule has 1 atom stereocenters. The number of hydrogen-bond acceptors (Lipinski definition) is 3. The molecule has 1 amide bonds. The predicted molar refractivity (Wildman–Crippen MR) is 104 cm³/mol. The van der Waals surface area contributed by atoms with Crippen molar-refractivity contribution in [3.05, 3.63) is 62.0 Å². The third-order valence-electron chi connectivity index (χ3n) is 5.04. The second kappa shape index (κ2) is 6.74. The predicted octanol–water partition coefficient (Wildman–Crippen LogP) is 3.80. The summed E-state index contributed by atoms with van der Waals surface area (Å²) in [6.07, 6.45) is 0.758. The average Bonchev–Trinajstić information content (AvgIpc) is 2.62. The molecule has 0 bridgehead atoms. The standard InChI is InChI=1S/C19H18Br2N2O2/c20-16-9-15-14(17(21)18(16)24)8-13-11-22(6-7-23(13)19(15)25)10-12-4-2-1-3-5-12/h1-5,9,13,24H,6-8,10-11H2. The Bertz CT molecular complexity index is 826. The van der Waals surface area contributed by atoms with Gasteiger partial charge in [-0.05, 0) is 55.5 Å². The molecule has 0 radical (unpaired) electrons. The Labute approximate surface area is 163 Å². The van der Waals surface area contributed by atoms with Gasteiger partial charge in [0.25, 0.3) is 5.91 Å². The number of halogens is 2. The molecule has 1 saturated heterocycles. The maximum Gasteiger partial charge on any atom is 0.254 e. The smallest absolute Gasteiger partial charge is 0.254 e. The lowest BCUT2D eigenvalue weighted by molar-refractivity contribution is 0.0401. The fraction of sp³-hybridized carbons (Fsp3) is 0.316. The van der Waals surface area contributed by atoms with Crippen LogP contribution in [0.1, 0.15) is 21.5 Å². The zero-order chi connectivity index (χ0) is 17.6.